The molecule has 0 saturated heterocycles. The number of aryl methyl sites for hydroxylation is 1. The molecule has 1 aromatic carbocycles. The summed E-state index contributed by atoms with van der Waals surface area (Å²) in [6.07, 6.45) is 1.05. The van der Waals surface area contributed by atoms with Crippen molar-refractivity contribution in [2.45, 2.75) is 33.2 Å². The molecule has 0 aromatic heterocycles. The minimum absolute atomic E-state index is 0.238. The van der Waals surface area contributed by atoms with E-state index < -0.39 is 0 Å². The predicted octanol–water partition coefficient (Wildman–Crippen LogP) is 2.49. The molecule has 17 heavy (non-hydrogen) atoms. The van der Waals surface area contributed by atoms with Crippen LogP contribution in [0.2, 0.25) is 0 Å². The summed E-state index contributed by atoms with van der Waals surface area (Å²) in [6, 6.07) is 8.77. The highest BCUT2D eigenvalue weighted by atomic mass is 16.3. The number of hydrogen-bond donors (Lipinski definition) is 1. The maximum atomic E-state index is 9.38. The van der Waals surface area contributed by atoms with Crippen LogP contribution in [0.25, 0.3) is 0 Å². The fourth-order valence-corrected chi connectivity index (χ4v) is 2.21. The lowest BCUT2D eigenvalue weighted by atomic mass is 10.0. The van der Waals surface area contributed by atoms with Crippen LogP contribution < -0.4 is 0 Å². The monoisotopic (exact) mass is 235 g/mol. The lowest BCUT2D eigenvalue weighted by Gasteiger charge is -2.29. The topological polar surface area (TPSA) is 23.5 Å². The molecule has 0 radical (unpaired) electrons. The van der Waals surface area contributed by atoms with Gasteiger partial charge in [0.15, 0.2) is 0 Å². The molecule has 0 aliphatic heterocycles. The molecule has 1 N–H and O–H groups in total. The van der Waals surface area contributed by atoms with Crippen LogP contribution in [0.1, 0.15) is 25.0 Å². The van der Waals surface area contributed by atoms with E-state index in [-0.39, 0.29) is 12.6 Å². The Kier molecular flexibility index (Phi) is 5.66. The van der Waals surface area contributed by atoms with E-state index in [4.69, 9.17) is 0 Å². The van der Waals surface area contributed by atoms with E-state index in [2.05, 4.69) is 57.0 Å². The third-order valence-corrected chi connectivity index (χ3v) is 3.52. The fraction of sp³-hybridized carbons (Fsp3) is 0.600. The maximum absolute atomic E-state index is 9.38. The Morgan fingerprint density at radius 1 is 1.24 bits per heavy atom. The van der Waals surface area contributed by atoms with Gasteiger partial charge < -0.3 is 10.0 Å². The quantitative estimate of drug-likeness (QED) is 0.819. The van der Waals surface area contributed by atoms with Crippen molar-refractivity contribution in [1.82, 2.24) is 4.90 Å². The van der Waals surface area contributed by atoms with Gasteiger partial charge in [0.05, 0.1) is 6.61 Å². The highest BCUT2D eigenvalue weighted by molar-refractivity contribution is 5.25. The second-order valence-electron chi connectivity index (χ2n) is 5.15. The Hall–Kier alpha value is -0.860. The molecule has 0 bridgehead atoms. The number of aliphatic hydroxyl groups is 1. The van der Waals surface area contributed by atoms with E-state index in [0.29, 0.717) is 5.92 Å². The lowest BCUT2D eigenvalue weighted by Crippen LogP contribution is -2.40. The Labute approximate surface area is 105 Å². The van der Waals surface area contributed by atoms with Crippen molar-refractivity contribution in [2.75, 3.05) is 20.2 Å². The normalized spacial score (nSPS) is 13.4. The van der Waals surface area contributed by atoms with Crippen LogP contribution in [0, 0.1) is 12.8 Å². The van der Waals surface area contributed by atoms with Crippen LogP contribution in [0.4, 0.5) is 0 Å². The van der Waals surface area contributed by atoms with Crippen LogP contribution in [0.3, 0.4) is 0 Å². The average molecular weight is 235 g/mol. The number of benzene rings is 1. The van der Waals surface area contributed by atoms with Gasteiger partial charge in [0.25, 0.3) is 0 Å². The smallest absolute Gasteiger partial charge is 0.0589 e. The summed E-state index contributed by atoms with van der Waals surface area (Å²) >= 11 is 0. The first-order valence-electron chi connectivity index (χ1n) is 6.42. The van der Waals surface area contributed by atoms with Crippen LogP contribution >= 0.6 is 0 Å². The Morgan fingerprint density at radius 2 is 1.88 bits per heavy atom. The molecule has 0 fully saturated rings. The molecule has 0 spiro atoms. The molecule has 1 unspecified atom stereocenters. The van der Waals surface area contributed by atoms with E-state index >= 15 is 0 Å². The number of nitrogens with zero attached hydrogens (tertiary/aromatic N) is 1. The van der Waals surface area contributed by atoms with Crippen molar-refractivity contribution < 1.29 is 5.11 Å². The molecular formula is C15H25NO. The summed E-state index contributed by atoms with van der Waals surface area (Å²) in [5, 5.41) is 9.38. The van der Waals surface area contributed by atoms with Crippen molar-refractivity contribution in [3.8, 4) is 0 Å². The van der Waals surface area contributed by atoms with Gasteiger partial charge in [-0.25, -0.2) is 0 Å². The zero-order valence-corrected chi connectivity index (χ0v) is 11.5. The molecule has 0 saturated carbocycles. The summed E-state index contributed by atoms with van der Waals surface area (Å²) in [7, 11) is 2.10. The zero-order chi connectivity index (χ0) is 12.8. The van der Waals surface area contributed by atoms with Crippen LogP contribution in [0.5, 0.6) is 0 Å². The van der Waals surface area contributed by atoms with Crippen molar-refractivity contribution >= 4 is 0 Å². The number of aliphatic hydroxyl groups excluding tert-OH is 1. The highest BCUT2D eigenvalue weighted by Gasteiger charge is 2.17. The molecule has 1 atom stereocenters. The summed E-state index contributed by atoms with van der Waals surface area (Å²) in [5.74, 6) is 0.488. The summed E-state index contributed by atoms with van der Waals surface area (Å²) in [5.41, 5.74) is 2.76. The second-order valence-corrected chi connectivity index (χ2v) is 5.15. The van der Waals surface area contributed by atoms with Gasteiger partial charge in [0, 0.05) is 12.6 Å². The first-order valence-corrected chi connectivity index (χ1v) is 6.42. The minimum atomic E-state index is 0.238. The third-order valence-electron chi connectivity index (χ3n) is 3.52. The second kappa shape index (κ2) is 6.77. The van der Waals surface area contributed by atoms with Gasteiger partial charge in [-0.2, -0.15) is 0 Å². The molecule has 0 heterocycles. The third kappa shape index (κ3) is 4.14. The number of rotatable bonds is 6. The van der Waals surface area contributed by atoms with Gasteiger partial charge in [0.1, 0.15) is 0 Å². The van der Waals surface area contributed by atoms with Crippen molar-refractivity contribution in [1.29, 1.82) is 0 Å². The van der Waals surface area contributed by atoms with E-state index in [1.807, 2.05) is 0 Å². The SMILES string of the molecule is Cc1ccccc1CCN(C)C(CO)C(C)C. The summed E-state index contributed by atoms with van der Waals surface area (Å²) in [6.45, 7) is 7.70. The van der Waals surface area contributed by atoms with Gasteiger partial charge in [-0.3, -0.25) is 0 Å². The average Bonchev–Trinajstić information content (AvgIpc) is 2.28. The van der Waals surface area contributed by atoms with Gasteiger partial charge in [-0.1, -0.05) is 38.1 Å². The maximum Gasteiger partial charge on any atom is 0.0589 e. The molecule has 96 valence electrons. The highest BCUT2D eigenvalue weighted by Crippen LogP contribution is 2.12. The number of likely N-dealkylation sites (N-methyl/N-ethyl adjacent to an activating group) is 1. The summed E-state index contributed by atoms with van der Waals surface area (Å²) in [4.78, 5) is 2.26. The van der Waals surface area contributed by atoms with E-state index in [9.17, 15) is 5.11 Å². The first kappa shape index (κ1) is 14.2. The van der Waals surface area contributed by atoms with Crippen LogP contribution in [-0.4, -0.2) is 36.2 Å². The summed E-state index contributed by atoms with van der Waals surface area (Å²) < 4.78 is 0. The van der Waals surface area contributed by atoms with E-state index in [1.165, 1.54) is 11.1 Å². The van der Waals surface area contributed by atoms with E-state index in [0.717, 1.165) is 13.0 Å². The molecule has 1 aromatic rings. The van der Waals surface area contributed by atoms with Crippen molar-refractivity contribution in [3.63, 3.8) is 0 Å². The van der Waals surface area contributed by atoms with Crippen LogP contribution in [0.15, 0.2) is 24.3 Å². The predicted molar refractivity (Wildman–Crippen MR) is 73.2 cm³/mol. The molecule has 0 aliphatic rings. The largest absolute Gasteiger partial charge is 0.395 e. The fourth-order valence-electron chi connectivity index (χ4n) is 2.21. The Balaban J connectivity index is 2.53. The molecule has 2 heteroatoms. The Morgan fingerprint density at radius 3 is 2.41 bits per heavy atom. The standard InChI is InChI=1S/C15H25NO/c1-12(2)15(11-17)16(4)10-9-14-8-6-5-7-13(14)3/h5-8,12,15,17H,9-11H2,1-4H3. The molecule has 2 nitrogen and oxygen atoms in total. The van der Waals surface area contributed by atoms with Gasteiger partial charge >= 0.3 is 0 Å². The molecule has 0 amide bonds. The minimum Gasteiger partial charge on any atom is -0.395 e. The van der Waals surface area contributed by atoms with Gasteiger partial charge in [-0.05, 0) is 37.4 Å². The number of hydrogen-bond acceptors (Lipinski definition) is 2. The zero-order valence-electron chi connectivity index (χ0n) is 11.5. The molecule has 1 rings (SSSR count). The van der Waals surface area contributed by atoms with Crippen molar-refractivity contribution in [3.05, 3.63) is 35.4 Å². The van der Waals surface area contributed by atoms with Crippen molar-refractivity contribution in [2.24, 2.45) is 5.92 Å². The van der Waals surface area contributed by atoms with Gasteiger partial charge in [0.2, 0.25) is 0 Å². The van der Waals surface area contributed by atoms with Crippen LogP contribution in [-0.2, 0) is 6.42 Å². The Bertz CT molecular complexity index is 335. The molecular weight excluding hydrogens is 210 g/mol. The first-order chi connectivity index (χ1) is 8.06. The van der Waals surface area contributed by atoms with E-state index in [1.54, 1.807) is 0 Å². The van der Waals surface area contributed by atoms with Gasteiger partial charge in [-0.15, -0.1) is 0 Å². The molecule has 0 aliphatic carbocycles. The lowest BCUT2D eigenvalue weighted by molar-refractivity contribution is 0.114.